The Balaban J connectivity index is 2.84. The number of aromatic nitrogens is 2. The van der Waals surface area contributed by atoms with Crippen LogP contribution >= 0.6 is 0 Å². The second-order valence-electron chi connectivity index (χ2n) is 4.08. The van der Waals surface area contributed by atoms with Crippen molar-refractivity contribution < 1.29 is 4.79 Å². The van der Waals surface area contributed by atoms with E-state index in [0.29, 0.717) is 24.5 Å². The van der Waals surface area contributed by atoms with E-state index in [0.717, 1.165) is 24.1 Å². The van der Waals surface area contributed by atoms with Crippen LogP contribution in [0.3, 0.4) is 0 Å². The SMILES string of the molecule is CCc1nnc(NCCNC(C)=O)c(C#N)c1CC. The number of rotatable bonds is 6. The van der Waals surface area contributed by atoms with Gasteiger partial charge in [0.25, 0.3) is 0 Å². The molecule has 0 radical (unpaired) electrons. The molecule has 0 saturated heterocycles. The lowest BCUT2D eigenvalue weighted by atomic mass is 10.0. The van der Waals surface area contributed by atoms with Gasteiger partial charge in [0.1, 0.15) is 11.6 Å². The van der Waals surface area contributed by atoms with Crippen LogP contribution in [-0.4, -0.2) is 29.2 Å². The third-order valence-corrected chi connectivity index (χ3v) is 2.75. The van der Waals surface area contributed by atoms with Gasteiger partial charge < -0.3 is 10.6 Å². The maximum atomic E-state index is 10.7. The van der Waals surface area contributed by atoms with E-state index in [-0.39, 0.29) is 5.91 Å². The highest BCUT2D eigenvalue weighted by Crippen LogP contribution is 2.19. The van der Waals surface area contributed by atoms with Gasteiger partial charge in [-0.15, -0.1) is 5.10 Å². The largest absolute Gasteiger partial charge is 0.366 e. The molecule has 6 heteroatoms. The van der Waals surface area contributed by atoms with Gasteiger partial charge in [0, 0.05) is 20.0 Å². The molecule has 0 fully saturated rings. The summed E-state index contributed by atoms with van der Waals surface area (Å²) in [5.74, 6) is 0.408. The summed E-state index contributed by atoms with van der Waals surface area (Å²) in [6.07, 6.45) is 1.51. The monoisotopic (exact) mass is 261 g/mol. The number of nitrogens with one attached hydrogen (secondary N) is 2. The highest BCUT2D eigenvalue weighted by Gasteiger charge is 2.13. The zero-order valence-corrected chi connectivity index (χ0v) is 11.6. The number of anilines is 1. The first-order chi connectivity index (χ1) is 9.13. The van der Waals surface area contributed by atoms with Crippen molar-refractivity contribution in [3.8, 4) is 6.07 Å². The molecule has 1 amide bonds. The van der Waals surface area contributed by atoms with Gasteiger partial charge in [0.05, 0.1) is 5.69 Å². The van der Waals surface area contributed by atoms with Crippen molar-refractivity contribution in [2.24, 2.45) is 0 Å². The number of carbonyl (C=O) groups excluding carboxylic acids is 1. The number of hydrogen-bond donors (Lipinski definition) is 2. The molecule has 2 N–H and O–H groups in total. The Morgan fingerprint density at radius 1 is 1.26 bits per heavy atom. The third-order valence-electron chi connectivity index (χ3n) is 2.75. The summed E-state index contributed by atoms with van der Waals surface area (Å²) >= 11 is 0. The van der Waals surface area contributed by atoms with Gasteiger partial charge in [0.2, 0.25) is 5.91 Å². The minimum atomic E-state index is -0.0797. The molecule has 0 spiro atoms. The number of carbonyl (C=O) groups is 1. The highest BCUT2D eigenvalue weighted by atomic mass is 16.1. The molecule has 102 valence electrons. The van der Waals surface area contributed by atoms with E-state index in [1.165, 1.54) is 6.92 Å². The fourth-order valence-corrected chi connectivity index (χ4v) is 1.84. The molecule has 1 heterocycles. The topological polar surface area (TPSA) is 90.7 Å². The Kier molecular flexibility index (Phi) is 5.73. The van der Waals surface area contributed by atoms with Crippen LogP contribution in [0.25, 0.3) is 0 Å². The van der Waals surface area contributed by atoms with Crippen LogP contribution in [0.1, 0.15) is 37.6 Å². The van der Waals surface area contributed by atoms with E-state index < -0.39 is 0 Å². The summed E-state index contributed by atoms with van der Waals surface area (Å²) in [5.41, 5.74) is 2.37. The van der Waals surface area contributed by atoms with Gasteiger partial charge >= 0.3 is 0 Å². The van der Waals surface area contributed by atoms with E-state index in [4.69, 9.17) is 0 Å². The van der Waals surface area contributed by atoms with Gasteiger partial charge in [-0.1, -0.05) is 13.8 Å². The maximum absolute atomic E-state index is 10.7. The van der Waals surface area contributed by atoms with Crippen molar-refractivity contribution >= 4 is 11.7 Å². The van der Waals surface area contributed by atoms with Gasteiger partial charge in [-0.05, 0) is 18.4 Å². The fraction of sp³-hybridized carbons (Fsp3) is 0.538. The molecule has 0 bridgehead atoms. The Morgan fingerprint density at radius 3 is 2.53 bits per heavy atom. The molecule has 0 aliphatic carbocycles. The van der Waals surface area contributed by atoms with E-state index in [1.54, 1.807) is 0 Å². The molecule has 6 nitrogen and oxygen atoms in total. The molecule has 0 unspecified atom stereocenters. The van der Waals surface area contributed by atoms with Crippen LogP contribution in [0.2, 0.25) is 0 Å². The molecule has 1 aromatic heterocycles. The van der Waals surface area contributed by atoms with Crippen LogP contribution in [0.15, 0.2) is 0 Å². The summed E-state index contributed by atoms with van der Waals surface area (Å²) in [6, 6.07) is 2.19. The predicted molar refractivity (Wildman–Crippen MR) is 72.7 cm³/mol. The lowest BCUT2D eigenvalue weighted by Gasteiger charge is -2.11. The molecule has 0 saturated carbocycles. The van der Waals surface area contributed by atoms with Crippen molar-refractivity contribution in [1.82, 2.24) is 15.5 Å². The Hall–Kier alpha value is -2.16. The summed E-state index contributed by atoms with van der Waals surface area (Å²) in [4.78, 5) is 10.7. The number of nitrogens with zero attached hydrogens (tertiary/aromatic N) is 3. The zero-order valence-electron chi connectivity index (χ0n) is 11.6. The summed E-state index contributed by atoms with van der Waals surface area (Å²) in [6.45, 7) is 6.45. The second-order valence-corrected chi connectivity index (χ2v) is 4.08. The summed E-state index contributed by atoms with van der Waals surface area (Å²) in [5, 5.41) is 23.2. The van der Waals surface area contributed by atoms with Gasteiger partial charge in [-0.25, -0.2) is 0 Å². The maximum Gasteiger partial charge on any atom is 0.216 e. The molecule has 19 heavy (non-hydrogen) atoms. The van der Waals surface area contributed by atoms with Crippen LogP contribution in [0.5, 0.6) is 0 Å². The highest BCUT2D eigenvalue weighted by molar-refractivity contribution is 5.72. The molecule has 0 aromatic carbocycles. The number of nitriles is 1. The zero-order chi connectivity index (χ0) is 14.3. The first-order valence-electron chi connectivity index (χ1n) is 6.40. The van der Waals surface area contributed by atoms with Crippen molar-refractivity contribution in [3.63, 3.8) is 0 Å². The lowest BCUT2D eigenvalue weighted by molar-refractivity contribution is -0.118. The van der Waals surface area contributed by atoms with E-state index >= 15 is 0 Å². The van der Waals surface area contributed by atoms with Crippen LogP contribution in [0, 0.1) is 11.3 Å². The Labute approximate surface area is 113 Å². The van der Waals surface area contributed by atoms with E-state index in [2.05, 4.69) is 26.9 Å². The quantitative estimate of drug-likeness (QED) is 0.746. The normalized spacial score (nSPS) is 9.79. The molecule has 0 aliphatic rings. The molecular weight excluding hydrogens is 242 g/mol. The van der Waals surface area contributed by atoms with Crippen molar-refractivity contribution in [3.05, 3.63) is 16.8 Å². The smallest absolute Gasteiger partial charge is 0.216 e. The number of amides is 1. The molecular formula is C13H19N5O. The molecule has 1 rings (SSSR count). The number of hydrogen-bond acceptors (Lipinski definition) is 5. The van der Waals surface area contributed by atoms with Gasteiger partial charge in [-0.3, -0.25) is 4.79 Å². The Morgan fingerprint density at radius 2 is 2.00 bits per heavy atom. The van der Waals surface area contributed by atoms with Gasteiger partial charge in [-0.2, -0.15) is 10.4 Å². The second kappa shape index (κ2) is 7.31. The Bertz CT molecular complexity index is 493. The van der Waals surface area contributed by atoms with Crippen molar-refractivity contribution in [2.45, 2.75) is 33.6 Å². The summed E-state index contributed by atoms with van der Waals surface area (Å²) in [7, 11) is 0. The first kappa shape index (κ1) is 14.9. The lowest BCUT2D eigenvalue weighted by Crippen LogP contribution is -2.26. The first-order valence-corrected chi connectivity index (χ1v) is 6.40. The van der Waals surface area contributed by atoms with Crippen LogP contribution < -0.4 is 10.6 Å². The minimum absolute atomic E-state index is 0.0797. The molecule has 0 aliphatic heterocycles. The van der Waals surface area contributed by atoms with E-state index in [9.17, 15) is 10.1 Å². The van der Waals surface area contributed by atoms with Crippen LogP contribution in [-0.2, 0) is 17.6 Å². The number of aryl methyl sites for hydroxylation is 1. The van der Waals surface area contributed by atoms with Gasteiger partial charge in [0.15, 0.2) is 5.82 Å². The molecule has 1 aromatic rings. The average molecular weight is 261 g/mol. The fourth-order valence-electron chi connectivity index (χ4n) is 1.84. The third kappa shape index (κ3) is 3.91. The predicted octanol–water partition coefficient (Wildman–Crippen LogP) is 1.02. The van der Waals surface area contributed by atoms with Crippen molar-refractivity contribution in [1.29, 1.82) is 5.26 Å². The van der Waals surface area contributed by atoms with E-state index in [1.807, 2.05) is 13.8 Å². The standard InChI is InChI=1S/C13H19N5O/c1-4-10-11(8-14)13(18-17-12(10)5-2)16-7-6-15-9(3)19/h4-7H2,1-3H3,(H,15,19)(H,16,18). The van der Waals surface area contributed by atoms with Crippen molar-refractivity contribution in [2.75, 3.05) is 18.4 Å². The van der Waals surface area contributed by atoms with Crippen LogP contribution in [0.4, 0.5) is 5.82 Å². The minimum Gasteiger partial charge on any atom is -0.366 e. The summed E-state index contributed by atoms with van der Waals surface area (Å²) < 4.78 is 0. The average Bonchev–Trinajstić information content (AvgIpc) is 2.42. The molecule has 0 atom stereocenters.